The van der Waals surface area contributed by atoms with Gasteiger partial charge in [-0.1, -0.05) is 20.3 Å². The van der Waals surface area contributed by atoms with E-state index in [0.29, 0.717) is 11.8 Å². The van der Waals surface area contributed by atoms with E-state index in [0.717, 1.165) is 13.0 Å². The molecule has 0 spiro atoms. The second-order valence-electron chi connectivity index (χ2n) is 5.31. The summed E-state index contributed by atoms with van der Waals surface area (Å²) in [6, 6.07) is 4.10. The van der Waals surface area contributed by atoms with Gasteiger partial charge in [0, 0.05) is 30.2 Å². The first-order chi connectivity index (χ1) is 9.15. The summed E-state index contributed by atoms with van der Waals surface area (Å²) >= 11 is 0. The number of aromatic nitrogens is 1. The molecule has 1 aliphatic rings. The summed E-state index contributed by atoms with van der Waals surface area (Å²) in [6.45, 7) is 7.31. The van der Waals surface area contributed by atoms with Crippen LogP contribution in [0.3, 0.4) is 0 Å². The van der Waals surface area contributed by atoms with Gasteiger partial charge in [0.05, 0.1) is 5.84 Å². The first kappa shape index (κ1) is 13.8. The zero-order valence-electron chi connectivity index (χ0n) is 12.1. The Hall–Kier alpha value is -1.64. The van der Waals surface area contributed by atoms with E-state index in [1.165, 1.54) is 29.7 Å². The Balaban J connectivity index is 2.43. The summed E-state index contributed by atoms with van der Waals surface area (Å²) < 4.78 is 0. The van der Waals surface area contributed by atoms with E-state index in [-0.39, 0.29) is 0 Å². The monoisotopic (exact) mass is 257 g/mol. The third-order valence-electron chi connectivity index (χ3n) is 3.78. The van der Waals surface area contributed by atoms with Crippen LogP contribution in [0.25, 0.3) is 5.70 Å². The summed E-state index contributed by atoms with van der Waals surface area (Å²) in [5, 5.41) is 8.00. The molecule has 0 amide bonds. The lowest BCUT2D eigenvalue weighted by molar-refractivity contribution is 0.528. The van der Waals surface area contributed by atoms with Gasteiger partial charge in [-0.15, -0.1) is 0 Å². The second-order valence-corrected chi connectivity index (χ2v) is 5.31. The maximum atomic E-state index is 8.00. The molecule has 0 saturated carbocycles. The highest BCUT2D eigenvalue weighted by Gasteiger charge is 2.29. The first-order valence-corrected chi connectivity index (χ1v) is 7.11. The molecule has 102 valence electrons. The third kappa shape index (κ3) is 2.86. The molecule has 19 heavy (non-hydrogen) atoms. The minimum Gasteiger partial charge on any atom is -0.329 e. The Bertz CT molecular complexity index is 476. The number of rotatable bonds is 4. The van der Waals surface area contributed by atoms with E-state index < -0.39 is 0 Å². The van der Waals surface area contributed by atoms with Crippen LogP contribution in [0.2, 0.25) is 0 Å². The van der Waals surface area contributed by atoms with Gasteiger partial charge in [-0.3, -0.25) is 10.4 Å². The molecule has 3 nitrogen and oxygen atoms in total. The van der Waals surface area contributed by atoms with Crippen LogP contribution in [0, 0.1) is 11.3 Å². The fourth-order valence-corrected chi connectivity index (χ4v) is 2.77. The molecule has 3 heteroatoms. The molecular weight excluding hydrogens is 234 g/mol. The van der Waals surface area contributed by atoms with Gasteiger partial charge >= 0.3 is 0 Å². The molecule has 2 heterocycles. The molecule has 1 aromatic heterocycles. The largest absolute Gasteiger partial charge is 0.329 e. The van der Waals surface area contributed by atoms with Gasteiger partial charge in [-0.25, -0.2) is 0 Å². The Labute approximate surface area is 115 Å². The average Bonchev–Trinajstić information content (AvgIpc) is 2.74. The number of nitrogens with zero attached hydrogens (tertiary/aromatic N) is 2. The maximum Gasteiger partial charge on any atom is 0.0970 e. The van der Waals surface area contributed by atoms with Gasteiger partial charge in [-0.05, 0) is 43.4 Å². The van der Waals surface area contributed by atoms with Crippen molar-refractivity contribution in [3.05, 3.63) is 35.7 Å². The lowest BCUT2D eigenvalue weighted by Crippen LogP contribution is -2.25. The smallest absolute Gasteiger partial charge is 0.0970 e. The average molecular weight is 257 g/mol. The van der Waals surface area contributed by atoms with E-state index in [1.807, 2.05) is 19.3 Å². The molecule has 1 unspecified atom stereocenters. The highest BCUT2D eigenvalue weighted by atomic mass is 15.2. The molecule has 0 fully saturated rings. The predicted octanol–water partition coefficient (Wildman–Crippen LogP) is 3.93. The Morgan fingerprint density at radius 1 is 1.42 bits per heavy atom. The molecule has 0 saturated heterocycles. The third-order valence-corrected chi connectivity index (χ3v) is 3.78. The normalized spacial score (nSPS) is 19.1. The van der Waals surface area contributed by atoms with E-state index in [4.69, 9.17) is 5.41 Å². The molecular formula is C16H23N3. The van der Waals surface area contributed by atoms with Gasteiger partial charge in [-0.2, -0.15) is 0 Å². The molecule has 0 aliphatic carbocycles. The first-order valence-electron chi connectivity index (χ1n) is 7.11. The van der Waals surface area contributed by atoms with Crippen molar-refractivity contribution in [1.29, 1.82) is 5.41 Å². The lowest BCUT2D eigenvalue weighted by atomic mass is 9.95. The van der Waals surface area contributed by atoms with Crippen molar-refractivity contribution in [3.63, 3.8) is 0 Å². The molecule has 1 aliphatic heterocycles. The van der Waals surface area contributed by atoms with Gasteiger partial charge in [0.2, 0.25) is 0 Å². The summed E-state index contributed by atoms with van der Waals surface area (Å²) in [5.74, 6) is 1.17. The van der Waals surface area contributed by atoms with Gasteiger partial charge in [0.25, 0.3) is 0 Å². The van der Waals surface area contributed by atoms with Crippen LogP contribution >= 0.6 is 0 Å². The van der Waals surface area contributed by atoms with Crippen molar-refractivity contribution < 1.29 is 0 Å². The molecule has 0 bridgehead atoms. The molecule has 1 atom stereocenters. The Kier molecular flexibility index (Phi) is 4.35. The fraction of sp³-hybridized carbons (Fsp3) is 0.500. The number of hydrogen-bond donors (Lipinski definition) is 1. The molecule has 0 aromatic carbocycles. The minimum absolute atomic E-state index is 0.537. The van der Waals surface area contributed by atoms with Gasteiger partial charge in [0.1, 0.15) is 0 Å². The minimum atomic E-state index is 0.537. The molecule has 0 radical (unpaired) electrons. The van der Waals surface area contributed by atoms with E-state index >= 15 is 0 Å². The summed E-state index contributed by atoms with van der Waals surface area (Å²) in [6.07, 6.45) is 7.24. The van der Waals surface area contributed by atoms with Crippen LogP contribution in [0.5, 0.6) is 0 Å². The van der Waals surface area contributed by atoms with E-state index in [9.17, 15) is 0 Å². The van der Waals surface area contributed by atoms with E-state index in [1.54, 1.807) is 0 Å². The molecule has 1 N–H and O–H groups in total. The quantitative estimate of drug-likeness (QED) is 0.655. The Morgan fingerprint density at radius 3 is 2.68 bits per heavy atom. The van der Waals surface area contributed by atoms with Crippen LogP contribution in [-0.4, -0.2) is 22.3 Å². The number of amidine groups is 1. The Morgan fingerprint density at radius 2 is 2.11 bits per heavy atom. The van der Waals surface area contributed by atoms with Crippen LogP contribution < -0.4 is 0 Å². The van der Waals surface area contributed by atoms with Crippen LogP contribution in [-0.2, 0) is 0 Å². The van der Waals surface area contributed by atoms with Crippen LogP contribution in [0.15, 0.2) is 30.1 Å². The van der Waals surface area contributed by atoms with Crippen LogP contribution in [0.4, 0.5) is 0 Å². The van der Waals surface area contributed by atoms with Gasteiger partial charge < -0.3 is 4.90 Å². The standard InChI is InChI=1S/C16H23N3/c1-4-5-6-15-12(2)11-19(13(3)17)16(15)14-7-9-18-10-8-14/h7-10,12,17H,4-6,11H2,1-3H3. The summed E-state index contributed by atoms with van der Waals surface area (Å²) in [5.41, 5.74) is 3.94. The zero-order chi connectivity index (χ0) is 13.8. The highest BCUT2D eigenvalue weighted by Crippen LogP contribution is 2.37. The summed E-state index contributed by atoms with van der Waals surface area (Å²) in [7, 11) is 0. The van der Waals surface area contributed by atoms with Crippen molar-refractivity contribution in [1.82, 2.24) is 9.88 Å². The van der Waals surface area contributed by atoms with Crippen molar-refractivity contribution in [2.24, 2.45) is 5.92 Å². The highest BCUT2D eigenvalue weighted by molar-refractivity contribution is 5.89. The molecule has 2 rings (SSSR count). The maximum absolute atomic E-state index is 8.00. The topological polar surface area (TPSA) is 40.0 Å². The molecule has 1 aromatic rings. The zero-order valence-corrected chi connectivity index (χ0v) is 12.1. The number of unbranched alkanes of at least 4 members (excludes halogenated alkanes) is 1. The summed E-state index contributed by atoms with van der Waals surface area (Å²) in [4.78, 5) is 6.24. The van der Waals surface area contributed by atoms with Crippen molar-refractivity contribution in [3.8, 4) is 0 Å². The predicted molar refractivity (Wildman–Crippen MR) is 80.0 cm³/mol. The number of pyridine rings is 1. The van der Waals surface area contributed by atoms with Crippen molar-refractivity contribution in [2.45, 2.75) is 40.0 Å². The number of nitrogens with one attached hydrogen (secondary N) is 1. The second kappa shape index (κ2) is 6.00. The fourth-order valence-electron chi connectivity index (χ4n) is 2.77. The van der Waals surface area contributed by atoms with E-state index in [2.05, 4.69) is 35.9 Å². The van der Waals surface area contributed by atoms with Gasteiger partial charge in [0.15, 0.2) is 0 Å². The number of hydrogen-bond acceptors (Lipinski definition) is 2. The van der Waals surface area contributed by atoms with Crippen molar-refractivity contribution in [2.75, 3.05) is 6.54 Å². The van der Waals surface area contributed by atoms with Crippen molar-refractivity contribution >= 4 is 11.5 Å². The van der Waals surface area contributed by atoms with Crippen LogP contribution in [0.1, 0.15) is 45.6 Å². The SMILES string of the molecule is CCCCC1=C(c2ccncc2)N(C(C)=N)CC1C. The lowest BCUT2D eigenvalue weighted by Gasteiger charge is -2.21.